The predicted molar refractivity (Wildman–Crippen MR) is 56.8 cm³/mol. The number of pyridine rings is 1. The standard InChI is InChI=1S/C11H18N2O/c1-9(14)11(2,3)13-8-10-6-4-5-7-12-10/h4-7,9,13-14H,8H2,1-3H3. The Morgan fingerprint density at radius 2 is 2.21 bits per heavy atom. The van der Waals surface area contributed by atoms with Gasteiger partial charge in [-0.25, -0.2) is 0 Å². The van der Waals surface area contributed by atoms with Gasteiger partial charge in [0.15, 0.2) is 0 Å². The van der Waals surface area contributed by atoms with Crippen LogP contribution in [0.2, 0.25) is 0 Å². The van der Waals surface area contributed by atoms with Crippen molar-refractivity contribution in [1.29, 1.82) is 0 Å². The number of aliphatic hydroxyl groups excluding tert-OH is 1. The van der Waals surface area contributed by atoms with Gasteiger partial charge in [0, 0.05) is 18.3 Å². The highest BCUT2D eigenvalue weighted by Crippen LogP contribution is 2.09. The molecule has 1 aromatic heterocycles. The summed E-state index contributed by atoms with van der Waals surface area (Å²) in [4.78, 5) is 4.20. The summed E-state index contributed by atoms with van der Waals surface area (Å²) in [6.07, 6.45) is 1.39. The van der Waals surface area contributed by atoms with Crippen LogP contribution in [0.1, 0.15) is 26.5 Å². The second-order valence-corrected chi connectivity index (χ2v) is 4.07. The van der Waals surface area contributed by atoms with Crippen molar-refractivity contribution in [3.8, 4) is 0 Å². The van der Waals surface area contributed by atoms with Crippen LogP contribution >= 0.6 is 0 Å². The van der Waals surface area contributed by atoms with Crippen molar-refractivity contribution in [2.24, 2.45) is 0 Å². The maximum Gasteiger partial charge on any atom is 0.0688 e. The summed E-state index contributed by atoms with van der Waals surface area (Å²) >= 11 is 0. The fourth-order valence-electron chi connectivity index (χ4n) is 0.969. The molecule has 0 saturated carbocycles. The lowest BCUT2D eigenvalue weighted by molar-refractivity contribution is 0.0954. The van der Waals surface area contributed by atoms with Crippen molar-refractivity contribution in [3.05, 3.63) is 30.1 Å². The van der Waals surface area contributed by atoms with Crippen LogP contribution < -0.4 is 5.32 Å². The normalized spacial score (nSPS) is 14.0. The lowest BCUT2D eigenvalue weighted by Gasteiger charge is -2.29. The lowest BCUT2D eigenvalue weighted by Crippen LogP contribution is -2.47. The number of nitrogens with zero attached hydrogens (tertiary/aromatic N) is 1. The average Bonchev–Trinajstić information content (AvgIpc) is 2.16. The van der Waals surface area contributed by atoms with E-state index in [-0.39, 0.29) is 11.6 Å². The first kappa shape index (κ1) is 11.1. The molecule has 0 amide bonds. The van der Waals surface area contributed by atoms with E-state index in [9.17, 15) is 5.11 Å². The molecule has 0 aliphatic heterocycles. The zero-order valence-electron chi connectivity index (χ0n) is 8.99. The smallest absolute Gasteiger partial charge is 0.0688 e. The molecule has 0 saturated heterocycles. The van der Waals surface area contributed by atoms with Gasteiger partial charge in [0.25, 0.3) is 0 Å². The Bertz CT molecular complexity index is 270. The minimum Gasteiger partial charge on any atom is -0.392 e. The summed E-state index contributed by atoms with van der Waals surface area (Å²) in [5.41, 5.74) is 0.707. The van der Waals surface area contributed by atoms with Crippen molar-refractivity contribution in [3.63, 3.8) is 0 Å². The summed E-state index contributed by atoms with van der Waals surface area (Å²) in [6, 6.07) is 5.81. The number of rotatable bonds is 4. The fourth-order valence-corrected chi connectivity index (χ4v) is 0.969. The summed E-state index contributed by atoms with van der Waals surface area (Å²) < 4.78 is 0. The number of aliphatic hydroxyl groups is 1. The van der Waals surface area contributed by atoms with Gasteiger partial charge in [0.1, 0.15) is 0 Å². The molecule has 0 bridgehead atoms. The quantitative estimate of drug-likeness (QED) is 0.760. The van der Waals surface area contributed by atoms with Crippen LogP contribution in [0.25, 0.3) is 0 Å². The van der Waals surface area contributed by atoms with E-state index in [0.717, 1.165) is 5.69 Å². The molecule has 1 atom stereocenters. The van der Waals surface area contributed by atoms with Gasteiger partial charge < -0.3 is 10.4 Å². The first-order valence-electron chi connectivity index (χ1n) is 4.85. The van der Waals surface area contributed by atoms with Crippen molar-refractivity contribution in [2.45, 2.75) is 39.0 Å². The maximum atomic E-state index is 9.48. The largest absolute Gasteiger partial charge is 0.392 e. The van der Waals surface area contributed by atoms with Crippen LogP contribution in [-0.2, 0) is 6.54 Å². The molecule has 78 valence electrons. The SMILES string of the molecule is CC(O)C(C)(C)NCc1ccccn1. The van der Waals surface area contributed by atoms with E-state index in [1.807, 2.05) is 32.0 Å². The van der Waals surface area contributed by atoms with Gasteiger partial charge in [-0.2, -0.15) is 0 Å². The highest BCUT2D eigenvalue weighted by Gasteiger charge is 2.22. The Balaban J connectivity index is 2.49. The molecule has 0 aromatic carbocycles. The van der Waals surface area contributed by atoms with Gasteiger partial charge in [0.2, 0.25) is 0 Å². The lowest BCUT2D eigenvalue weighted by atomic mass is 9.99. The van der Waals surface area contributed by atoms with Crippen molar-refractivity contribution in [2.75, 3.05) is 0 Å². The third-order valence-electron chi connectivity index (χ3n) is 2.50. The Morgan fingerprint density at radius 3 is 2.71 bits per heavy atom. The second kappa shape index (κ2) is 4.53. The molecule has 1 rings (SSSR count). The predicted octanol–water partition coefficient (Wildman–Crippen LogP) is 1.33. The van der Waals surface area contributed by atoms with Crippen LogP contribution in [0.4, 0.5) is 0 Å². The minimum atomic E-state index is -0.383. The topological polar surface area (TPSA) is 45.1 Å². The molecular formula is C11H18N2O. The van der Waals surface area contributed by atoms with Gasteiger partial charge in [-0.3, -0.25) is 4.98 Å². The highest BCUT2D eigenvalue weighted by molar-refractivity contribution is 5.03. The summed E-state index contributed by atoms with van der Waals surface area (Å²) in [5, 5.41) is 12.7. The summed E-state index contributed by atoms with van der Waals surface area (Å²) in [6.45, 7) is 6.41. The first-order valence-corrected chi connectivity index (χ1v) is 4.85. The molecule has 0 radical (unpaired) electrons. The van der Waals surface area contributed by atoms with Crippen LogP contribution in [0.5, 0.6) is 0 Å². The molecule has 0 fully saturated rings. The Labute approximate surface area is 85.2 Å². The van der Waals surface area contributed by atoms with Gasteiger partial charge in [0.05, 0.1) is 11.8 Å². The van der Waals surface area contributed by atoms with Crippen LogP contribution in [0, 0.1) is 0 Å². The molecule has 3 nitrogen and oxygen atoms in total. The van der Waals surface area contributed by atoms with E-state index in [1.54, 1.807) is 13.1 Å². The van der Waals surface area contributed by atoms with E-state index in [1.165, 1.54) is 0 Å². The van der Waals surface area contributed by atoms with Crippen LogP contribution in [0.3, 0.4) is 0 Å². The first-order chi connectivity index (χ1) is 6.52. The third-order valence-corrected chi connectivity index (χ3v) is 2.50. The number of aromatic nitrogens is 1. The number of nitrogens with one attached hydrogen (secondary N) is 1. The molecule has 3 heteroatoms. The molecule has 1 heterocycles. The van der Waals surface area contributed by atoms with Crippen molar-refractivity contribution in [1.82, 2.24) is 10.3 Å². The van der Waals surface area contributed by atoms with E-state index >= 15 is 0 Å². The number of hydrogen-bond donors (Lipinski definition) is 2. The molecule has 1 aromatic rings. The van der Waals surface area contributed by atoms with Gasteiger partial charge in [-0.05, 0) is 32.9 Å². The minimum absolute atomic E-state index is 0.280. The van der Waals surface area contributed by atoms with Crippen molar-refractivity contribution < 1.29 is 5.11 Å². The van der Waals surface area contributed by atoms with E-state index in [4.69, 9.17) is 0 Å². The summed E-state index contributed by atoms with van der Waals surface area (Å²) in [7, 11) is 0. The third kappa shape index (κ3) is 3.09. The molecule has 0 aliphatic carbocycles. The van der Waals surface area contributed by atoms with Crippen LogP contribution in [-0.4, -0.2) is 21.7 Å². The molecule has 2 N–H and O–H groups in total. The highest BCUT2D eigenvalue weighted by atomic mass is 16.3. The van der Waals surface area contributed by atoms with E-state index in [0.29, 0.717) is 6.54 Å². The zero-order chi connectivity index (χ0) is 10.6. The average molecular weight is 194 g/mol. The Hall–Kier alpha value is -0.930. The Kier molecular flexibility index (Phi) is 3.61. The monoisotopic (exact) mass is 194 g/mol. The molecule has 1 unspecified atom stereocenters. The number of hydrogen-bond acceptors (Lipinski definition) is 3. The van der Waals surface area contributed by atoms with E-state index < -0.39 is 0 Å². The van der Waals surface area contributed by atoms with Gasteiger partial charge in [-0.15, -0.1) is 0 Å². The van der Waals surface area contributed by atoms with Gasteiger partial charge in [-0.1, -0.05) is 6.07 Å². The maximum absolute atomic E-state index is 9.48. The Morgan fingerprint density at radius 1 is 1.50 bits per heavy atom. The summed E-state index contributed by atoms with van der Waals surface area (Å²) in [5.74, 6) is 0. The molecule has 14 heavy (non-hydrogen) atoms. The van der Waals surface area contributed by atoms with Gasteiger partial charge >= 0.3 is 0 Å². The second-order valence-electron chi connectivity index (χ2n) is 4.07. The van der Waals surface area contributed by atoms with Crippen molar-refractivity contribution >= 4 is 0 Å². The van der Waals surface area contributed by atoms with Crippen LogP contribution in [0.15, 0.2) is 24.4 Å². The zero-order valence-corrected chi connectivity index (χ0v) is 8.99. The molecule has 0 spiro atoms. The molecular weight excluding hydrogens is 176 g/mol. The molecule has 0 aliphatic rings. The fraction of sp³-hybridized carbons (Fsp3) is 0.545. The van der Waals surface area contributed by atoms with E-state index in [2.05, 4.69) is 10.3 Å².